The molecule has 14 heavy (non-hydrogen) atoms. The van der Waals surface area contributed by atoms with Crippen molar-refractivity contribution in [3.05, 3.63) is 41.6 Å². The van der Waals surface area contributed by atoms with Gasteiger partial charge in [-0.05, 0) is 18.2 Å². The van der Waals surface area contributed by atoms with E-state index in [4.69, 9.17) is 11.6 Å². The van der Waals surface area contributed by atoms with Crippen LogP contribution in [0.15, 0.2) is 36.4 Å². The number of halogens is 1. The Bertz CT molecular complexity index is 615. The van der Waals surface area contributed by atoms with Gasteiger partial charge < -0.3 is 0 Å². The molecule has 3 heteroatoms. The Hall–Kier alpha value is -1.12. The normalized spacial score (nSPS) is 11.2. The van der Waals surface area contributed by atoms with Crippen molar-refractivity contribution in [3.63, 3.8) is 0 Å². The molecule has 0 aliphatic rings. The molecule has 0 aliphatic carbocycles. The number of pyridine rings is 1. The first-order valence-electron chi connectivity index (χ1n) is 4.28. The summed E-state index contributed by atoms with van der Waals surface area (Å²) >= 11 is 7.62. The van der Waals surface area contributed by atoms with Gasteiger partial charge in [-0.2, -0.15) is 0 Å². The molecule has 3 aromatic rings. The van der Waals surface area contributed by atoms with E-state index >= 15 is 0 Å². The lowest BCUT2D eigenvalue weighted by Crippen LogP contribution is -1.73. The van der Waals surface area contributed by atoms with Crippen molar-refractivity contribution in [1.29, 1.82) is 0 Å². The maximum atomic E-state index is 5.87. The van der Waals surface area contributed by atoms with E-state index in [0.29, 0.717) is 5.15 Å². The van der Waals surface area contributed by atoms with E-state index in [1.807, 2.05) is 24.3 Å². The number of nitrogens with zero attached hydrogens (tertiary/aromatic N) is 1. The predicted octanol–water partition coefficient (Wildman–Crippen LogP) is 4.10. The second kappa shape index (κ2) is 2.94. The van der Waals surface area contributed by atoms with Crippen molar-refractivity contribution in [2.75, 3.05) is 0 Å². The molecule has 1 nitrogen and oxygen atoms in total. The van der Waals surface area contributed by atoms with Crippen LogP contribution in [0.4, 0.5) is 0 Å². The van der Waals surface area contributed by atoms with E-state index < -0.39 is 0 Å². The third-order valence-electron chi connectivity index (χ3n) is 2.19. The molecule has 0 saturated carbocycles. The lowest BCUT2D eigenvalue weighted by atomic mass is 10.2. The van der Waals surface area contributed by atoms with Gasteiger partial charge >= 0.3 is 0 Å². The van der Waals surface area contributed by atoms with Crippen molar-refractivity contribution in [1.82, 2.24) is 4.98 Å². The summed E-state index contributed by atoms with van der Waals surface area (Å²) < 4.78 is 2.45. The van der Waals surface area contributed by atoms with Crippen LogP contribution in [-0.2, 0) is 0 Å². The van der Waals surface area contributed by atoms with Crippen LogP contribution in [0, 0.1) is 0 Å². The molecule has 0 fully saturated rings. The number of benzene rings is 1. The van der Waals surface area contributed by atoms with Crippen LogP contribution in [0.2, 0.25) is 5.15 Å². The topological polar surface area (TPSA) is 12.9 Å². The van der Waals surface area contributed by atoms with Crippen molar-refractivity contribution in [3.8, 4) is 0 Å². The molecule has 3 rings (SSSR count). The maximum absolute atomic E-state index is 5.87. The fraction of sp³-hybridized carbons (Fsp3) is 0. The minimum absolute atomic E-state index is 0.557. The molecule has 0 amide bonds. The molecule has 0 N–H and O–H groups in total. The SMILES string of the molecule is Clc1ccc2sc3ccccc3c2n1. The summed E-state index contributed by atoms with van der Waals surface area (Å²) in [5, 5.41) is 1.75. The highest BCUT2D eigenvalue weighted by Crippen LogP contribution is 2.32. The lowest BCUT2D eigenvalue weighted by Gasteiger charge is -1.90. The molecule has 0 aliphatic heterocycles. The summed E-state index contributed by atoms with van der Waals surface area (Å²) in [4.78, 5) is 4.34. The molecule has 68 valence electrons. The monoisotopic (exact) mass is 219 g/mol. The number of hydrogen-bond donors (Lipinski definition) is 0. The van der Waals surface area contributed by atoms with Gasteiger partial charge in [0, 0.05) is 10.1 Å². The molecule has 0 bridgehead atoms. The summed E-state index contributed by atoms with van der Waals surface area (Å²) in [6, 6.07) is 12.1. The minimum atomic E-state index is 0.557. The summed E-state index contributed by atoms with van der Waals surface area (Å²) in [5.74, 6) is 0. The average molecular weight is 220 g/mol. The lowest BCUT2D eigenvalue weighted by molar-refractivity contribution is 1.44. The van der Waals surface area contributed by atoms with Crippen molar-refractivity contribution < 1.29 is 0 Å². The highest BCUT2D eigenvalue weighted by atomic mass is 35.5. The Morgan fingerprint density at radius 1 is 1.00 bits per heavy atom. The third kappa shape index (κ3) is 1.11. The van der Waals surface area contributed by atoms with Crippen LogP contribution in [0.5, 0.6) is 0 Å². The zero-order chi connectivity index (χ0) is 9.54. The van der Waals surface area contributed by atoms with Crippen molar-refractivity contribution in [2.45, 2.75) is 0 Å². The molecule has 0 unspecified atom stereocenters. The summed E-state index contributed by atoms with van der Waals surface area (Å²) in [5.41, 5.74) is 1.01. The smallest absolute Gasteiger partial charge is 0.129 e. The van der Waals surface area contributed by atoms with E-state index in [2.05, 4.69) is 17.1 Å². The Kier molecular flexibility index (Phi) is 1.72. The Labute approximate surface area is 90.0 Å². The van der Waals surface area contributed by atoms with Gasteiger partial charge in [-0.15, -0.1) is 11.3 Å². The van der Waals surface area contributed by atoms with Crippen LogP contribution < -0.4 is 0 Å². The fourth-order valence-corrected chi connectivity index (χ4v) is 2.76. The van der Waals surface area contributed by atoms with Crippen LogP contribution in [0.3, 0.4) is 0 Å². The van der Waals surface area contributed by atoms with Crippen LogP contribution in [0.25, 0.3) is 20.3 Å². The number of thiophene rings is 1. The summed E-state index contributed by atoms with van der Waals surface area (Å²) in [6.07, 6.45) is 0. The number of rotatable bonds is 0. The van der Waals surface area contributed by atoms with Gasteiger partial charge in [-0.25, -0.2) is 4.98 Å². The second-order valence-electron chi connectivity index (χ2n) is 3.08. The van der Waals surface area contributed by atoms with Crippen LogP contribution >= 0.6 is 22.9 Å². The van der Waals surface area contributed by atoms with Gasteiger partial charge in [0.1, 0.15) is 5.15 Å². The molecule has 1 aromatic carbocycles. The second-order valence-corrected chi connectivity index (χ2v) is 4.55. The van der Waals surface area contributed by atoms with E-state index in [1.165, 1.54) is 14.8 Å². The summed E-state index contributed by atoms with van der Waals surface area (Å²) in [6.45, 7) is 0. The first-order chi connectivity index (χ1) is 6.84. The van der Waals surface area contributed by atoms with Gasteiger partial charge in [-0.3, -0.25) is 0 Å². The van der Waals surface area contributed by atoms with Gasteiger partial charge in [0.2, 0.25) is 0 Å². The van der Waals surface area contributed by atoms with E-state index in [-0.39, 0.29) is 0 Å². The van der Waals surface area contributed by atoms with Gasteiger partial charge in [0.05, 0.1) is 10.2 Å². The minimum Gasteiger partial charge on any atom is -0.235 e. The number of hydrogen-bond acceptors (Lipinski definition) is 2. The molecule has 0 atom stereocenters. The first kappa shape index (κ1) is 8.21. The summed E-state index contributed by atoms with van der Waals surface area (Å²) in [7, 11) is 0. The van der Waals surface area contributed by atoms with Crippen molar-refractivity contribution >= 4 is 43.2 Å². The quantitative estimate of drug-likeness (QED) is 0.519. The Morgan fingerprint density at radius 3 is 2.79 bits per heavy atom. The largest absolute Gasteiger partial charge is 0.235 e. The Balaban J connectivity index is 2.58. The third-order valence-corrected chi connectivity index (χ3v) is 3.52. The zero-order valence-electron chi connectivity index (χ0n) is 7.20. The number of fused-ring (bicyclic) bond motifs is 3. The molecule has 2 heterocycles. The average Bonchev–Trinajstić information content (AvgIpc) is 2.56. The zero-order valence-corrected chi connectivity index (χ0v) is 8.77. The van der Waals surface area contributed by atoms with Gasteiger partial charge in [0.15, 0.2) is 0 Å². The standard InChI is InChI=1S/C11H6ClNS/c12-10-6-5-9-11(13-10)7-3-1-2-4-8(7)14-9/h1-6H. The molecule has 0 saturated heterocycles. The highest BCUT2D eigenvalue weighted by Gasteiger charge is 2.05. The first-order valence-corrected chi connectivity index (χ1v) is 5.48. The Morgan fingerprint density at radius 2 is 1.86 bits per heavy atom. The van der Waals surface area contributed by atoms with Crippen LogP contribution in [0.1, 0.15) is 0 Å². The highest BCUT2D eigenvalue weighted by molar-refractivity contribution is 7.25. The van der Waals surface area contributed by atoms with Gasteiger partial charge in [0.25, 0.3) is 0 Å². The van der Waals surface area contributed by atoms with E-state index in [0.717, 1.165) is 5.52 Å². The van der Waals surface area contributed by atoms with Gasteiger partial charge in [-0.1, -0.05) is 29.8 Å². The van der Waals surface area contributed by atoms with Crippen molar-refractivity contribution in [2.24, 2.45) is 0 Å². The van der Waals surface area contributed by atoms with Crippen LogP contribution in [-0.4, -0.2) is 4.98 Å². The number of aromatic nitrogens is 1. The molecule has 0 radical (unpaired) electrons. The maximum Gasteiger partial charge on any atom is 0.129 e. The van der Waals surface area contributed by atoms with E-state index in [1.54, 1.807) is 11.3 Å². The molecule has 0 spiro atoms. The molecular weight excluding hydrogens is 214 g/mol. The molecule has 2 aromatic heterocycles. The molecular formula is C11H6ClNS. The predicted molar refractivity (Wildman–Crippen MR) is 62.1 cm³/mol. The van der Waals surface area contributed by atoms with E-state index in [9.17, 15) is 0 Å². The fourth-order valence-electron chi connectivity index (χ4n) is 1.57.